The van der Waals surface area contributed by atoms with Gasteiger partial charge in [0.15, 0.2) is 0 Å². The van der Waals surface area contributed by atoms with Gasteiger partial charge in [-0.1, -0.05) is 22.0 Å². The van der Waals surface area contributed by atoms with Crippen molar-refractivity contribution >= 4 is 15.9 Å². The fourth-order valence-corrected chi connectivity index (χ4v) is 1.61. The molecular weight excluding hydrogens is 216 g/mol. The summed E-state index contributed by atoms with van der Waals surface area (Å²) in [5.74, 6) is 0. The molecule has 12 heavy (non-hydrogen) atoms. The van der Waals surface area contributed by atoms with E-state index in [0.717, 1.165) is 15.6 Å². The average molecular weight is 229 g/mol. The smallest absolute Gasteiger partial charge is 0.0843 e. The first-order valence-corrected chi connectivity index (χ1v) is 4.69. The highest BCUT2D eigenvalue weighted by atomic mass is 79.9. The fourth-order valence-electron chi connectivity index (χ4n) is 1.25. The molecule has 0 aliphatic rings. The SMILES string of the molecule is Cc1ccc(Br)cc1C(C)(C)O. The van der Waals surface area contributed by atoms with Gasteiger partial charge in [-0.15, -0.1) is 0 Å². The summed E-state index contributed by atoms with van der Waals surface area (Å²) < 4.78 is 1.00. The topological polar surface area (TPSA) is 20.2 Å². The molecule has 0 unspecified atom stereocenters. The Balaban J connectivity index is 3.23. The molecule has 0 aliphatic heterocycles. The maximum Gasteiger partial charge on any atom is 0.0843 e. The average Bonchev–Trinajstić information content (AvgIpc) is 1.92. The monoisotopic (exact) mass is 228 g/mol. The number of aliphatic hydroxyl groups is 1. The van der Waals surface area contributed by atoms with E-state index in [2.05, 4.69) is 15.9 Å². The van der Waals surface area contributed by atoms with Crippen molar-refractivity contribution in [3.8, 4) is 0 Å². The normalized spacial score (nSPS) is 11.8. The van der Waals surface area contributed by atoms with E-state index in [9.17, 15) is 5.11 Å². The Kier molecular flexibility index (Phi) is 2.59. The first-order chi connectivity index (χ1) is 5.41. The minimum Gasteiger partial charge on any atom is -0.386 e. The van der Waals surface area contributed by atoms with Crippen LogP contribution in [0.3, 0.4) is 0 Å². The molecule has 0 saturated heterocycles. The fraction of sp³-hybridized carbons (Fsp3) is 0.400. The van der Waals surface area contributed by atoms with Crippen molar-refractivity contribution in [1.82, 2.24) is 0 Å². The summed E-state index contributed by atoms with van der Waals surface area (Å²) in [5, 5.41) is 9.77. The van der Waals surface area contributed by atoms with Gasteiger partial charge in [0.1, 0.15) is 0 Å². The molecule has 1 N–H and O–H groups in total. The maximum atomic E-state index is 9.77. The predicted molar refractivity (Wildman–Crippen MR) is 54.1 cm³/mol. The molecule has 1 rings (SSSR count). The van der Waals surface area contributed by atoms with Gasteiger partial charge in [0.2, 0.25) is 0 Å². The molecule has 1 aromatic carbocycles. The Morgan fingerprint density at radius 2 is 1.92 bits per heavy atom. The van der Waals surface area contributed by atoms with Crippen LogP contribution in [0.25, 0.3) is 0 Å². The lowest BCUT2D eigenvalue weighted by Gasteiger charge is -2.20. The van der Waals surface area contributed by atoms with Gasteiger partial charge in [0, 0.05) is 4.47 Å². The van der Waals surface area contributed by atoms with E-state index in [-0.39, 0.29) is 0 Å². The highest BCUT2D eigenvalue weighted by Crippen LogP contribution is 2.26. The van der Waals surface area contributed by atoms with Gasteiger partial charge in [-0.3, -0.25) is 0 Å². The molecule has 0 aliphatic carbocycles. The third-order valence-electron chi connectivity index (χ3n) is 1.86. The van der Waals surface area contributed by atoms with Crippen LogP contribution in [0.15, 0.2) is 22.7 Å². The van der Waals surface area contributed by atoms with Crippen molar-refractivity contribution < 1.29 is 5.11 Å². The standard InChI is InChI=1S/C10H13BrO/c1-7-4-5-8(11)6-9(7)10(2,3)12/h4-6,12H,1-3H3. The van der Waals surface area contributed by atoms with Crippen molar-refractivity contribution in [2.75, 3.05) is 0 Å². The van der Waals surface area contributed by atoms with Crippen LogP contribution in [0.2, 0.25) is 0 Å². The van der Waals surface area contributed by atoms with Crippen LogP contribution in [0.4, 0.5) is 0 Å². The second-order valence-corrected chi connectivity index (χ2v) is 4.43. The van der Waals surface area contributed by atoms with E-state index in [1.807, 2.05) is 25.1 Å². The van der Waals surface area contributed by atoms with E-state index in [0.29, 0.717) is 0 Å². The number of rotatable bonds is 1. The molecule has 0 spiro atoms. The number of halogens is 1. The Hall–Kier alpha value is -0.340. The molecule has 1 nitrogen and oxygen atoms in total. The van der Waals surface area contributed by atoms with Crippen LogP contribution in [0, 0.1) is 6.92 Å². The lowest BCUT2D eigenvalue weighted by atomic mass is 9.94. The summed E-state index contributed by atoms with van der Waals surface area (Å²) in [7, 11) is 0. The molecule has 0 atom stereocenters. The van der Waals surface area contributed by atoms with E-state index < -0.39 is 5.60 Å². The van der Waals surface area contributed by atoms with Gasteiger partial charge in [0.05, 0.1) is 5.60 Å². The summed E-state index contributed by atoms with van der Waals surface area (Å²) in [6.45, 7) is 5.59. The lowest BCUT2D eigenvalue weighted by molar-refractivity contribution is 0.0779. The summed E-state index contributed by atoms with van der Waals surface area (Å²) in [6, 6.07) is 5.93. The van der Waals surface area contributed by atoms with E-state index >= 15 is 0 Å². The van der Waals surface area contributed by atoms with Crippen LogP contribution in [-0.4, -0.2) is 5.11 Å². The van der Waals surface area contributed by atoms with Crippen molar-refractivity contribution in [1.29, 1.82) is 0 Å². The van der Waals surface area contributed by atoms with E-state index in [1.165, 1.54) is 0 Å². The second-order valence-electron chi connectivity index (χ2n) is 3.52. The quantitative estimate of drug-likeness (QED) is 0.784. The Labute approximate surface area is 81.6 Å². The van der Waals surface area contributed by atoms with Crippen molar-refractivity contribution in [3.63, 3.8) is 0 Å². The Bertz CT molecular complexity index is 286. The third-order valence-corrected chi connectivity index (χ3v) is 2.35. The highest BCUT2D eigenvalue weighted by molar-refractivity contribution is 9.10. The van der Waals surface area contributed by atoms with Crippen molar-refractivity contribution in [3.05, 3.63) is 33.8 Å². The number of benzene rings is 1. The second kappa shape index (κ2) is 3.19. The van der Waals surface area contributed by atoms with Gasteiger partial charge < -0.3 is 5.11 Å². The molecule has 0 bridgehead atoms. The zero-order valence-corrected chi connectivity index (χ0v) is 9.14. The van der Waals surface area contributed by atoms with Gasteiger partial charge >= 0.3 is 0 Å². The molecule has 0 aromatic heterocycles. The zero-order chi connectivity index (χ0) is 9.35. The van der Waals surface area contributed by atoms with Crippen molar-refractivity contribution in [2.24, 2.45) is 0 Å². The molecule has 2 heteroatoms. The molecule has 0 fully saturated rings. The summed E-state index contributed by atoms with van der Waals surface area (Å²) in [4.78, 5) is 0. The molecular formula is C10H13BrO. The summed E-state index contributed by atoms with van der Waals surface area (Å²) in [5.41, 5.74) is 1.33. The van der Waals surface area contributed by atoms with Crippen molar-refractivity contribution in [2.45, 2.75) is 26.4 Å². The van der Waals surface area contributed by atoms with Gasteiger partial charge in [0.25, 0.3) is 0 Å². The number of hydrogen-bond donors (Lipinski definition) is 1. The molecule has 0 heterocycles. The van der Waals surface area contributed by atoms with Gasteiger partial charge in [-0.05, 0) is 44.0 Å². The molecule has 1 aromatic rings. The molecule has 0 saturated carbocycles. The van der Waals surface area contributed by atoms with E-state index in [4.69, 9.17) is 0 Å². The first-order valence-electron chi connectivity index (χ1n) is 3.90. The molecule has 66 valence electrons. The van der Waals surface area contributed by atoms with Gasteiger partial charge in [-0.25, -0.2) is 0 Å². The van der Waals surface area contributed by atoms with Crippen LogP contribution in [0.5, 0.6) is 0 Å². The maximum absolute atomic E-state index is 9.77. The minimum atomic E-state index is -0.756. The van der Waals surface area contributed by atoms with Gasteiger partial charge in [-0.2, -0.15) is 0 Å². The van der Waals surface area contributed by atoms with E-state index in [1.54, 1.807) is 13.8 Å². The van der Waals surface area contributed by atoms with Crippen LogP contribution in [-0.2, 0) is 5.60 Å². The summed E-state index contributed by atoms with van der Waals surface area (Å²) in [6.07, 6.45) is 0. The highest BCUT2D eigenvalue weighted by Gasteiger charge is 2.17. The van der Waals surface area contributed by atoms with Crippen LogP contribution >= 0.6 is 15.9 Å². The van der Waals surface area contributed by atoms with Crippen LogP contribution in [0.1, 0.15) is 25.0 Å². The molecule has 0 amide bonds. The van der Waals surface area contributed by atoms with Crippen LogP contribution < -0.4 is 0 Å². The lowest BCUT2D eigenvalue weighted by Crippen LogP contribution is -2.16. The number of aryl methyl sites for hydroxylation is 1. The first kappa shape index (κ1) is 9.75. The third kappa shape index (κ3) is 2.08. The summed E-state index contributed by atoms with van der Waals surface area (Å²) >= 11 is 3.38. The Morgan fingerprint density at radius 3 is 2.33 bits per heavy atom. The zero-order valence-electron chi connectivity index (χ0n) is 7.56. The minimum absolute atomic E-state index is 0.756. The molecule has 0 radical (unpaired) electrons. The Morgan fingerprint density at radius 1 is 1.33 bits per heavy atom. The number of hydrogen-bond acceptors (Lipinski definition) is 1. The largest absolute Gasteiger partial charge is 0.386 e. The predicted octanol–water partition coefficient (Wildman–Crippen LogP) is 2.98.